The maximum Gasteiger partial charge on any atom is 0.336 e. The molecular weight excluding hydrogens is 508 g/mol. The van der Waals surface area contributed by atoms with Gasteiger partial charge in [-0.3, -0.25) is 4.79 Å². The van der Waals surface area contributed by atoms with Gasteiger partial charge in [0.25, 0.3) is 5.56 Å². The molecule has 2 aromatic heterocycles. The number of imidazole rings is 1. The second-order valence-electron chi connectivity index (χ2n) is 10.8. The summed E-state index contributed by atoms with van der Waals surface area (Å²) in [7, 11) is 0. The number of rotatable bonds is 7. The molecule has 2 N–H and O–H groups in total. The molecule has 39 heavy (non-hydrogen) atoms. The maximum absolute atomic E-state index is 13.3. The lowest BCUT2D eigenvalue weighted by Gasteiger charge is -2.23. The number of aromatic carboxylic acids is 1. The lowest BCUT2D eigenvalue weighted by molar-refractivity contribution is 0.0696. The summed E-state index contributed by atoms with van der Waals surface area (Å²) < 4.78 is 1.99. The van der Waals surface area contributed by atoms with Gasteiger partial charge in [0, 0.05) is 11.2 Å². The van der Waals surface area contributed by atoms with Gasteiger partial charge in [-0.1, -0.05) is 98.8 Å². The number of fused-ring (bicyclic) bond motifs is 1. The number of carbonyl (C=O) groups is 1. The van der Waals surface area contributed by atoms with Crippen molar-refractivity contribution in [2.75, 3.05) is 0 Å². The van der Waals surface area contributed by atoms with Crippen LogP contribution in [0.2, 0.25) is 0 Å². The van der Waals surface area contributed by atoms with Crippen LogP contribution in [0.25, 0.3) is 22.2 Å². The smallest absolute Gasteiger partial charge is 0.336 e. The first-order valence-corrected chi connectivity index (χ1v) is 15.0. The molecule has 0 amide bonds. The number of benzene rings is 2. The van der Waals surface area contributed by atoms with Crippen LogP contribution in [0.4, 0.5) is 0 Å². The number of thioether (sulfide) groups is 1. The van der Waals surface area contributed by atoms with Gasteiger partial charge in [0.1, 0.15) is 21.9 Å². The Morgan fingerprint density at radius 2 is 1.67 bits per heavy atom. The van der Waals surface area contributed by atoms with E-state index in [0.29, 0.717) is 27.4 Å². The molecule has 7 nitrogen and oxygen atoms in total. The summed E-state index contributed by atoms with van der Waals surface area (Å²) in [5, 5.41) is 18.8. The molecule has 2 saturated carbocycles. The standard InChI is InChI=1S/C31H34N4O3S/c36-29-27-26(30(34-33-29)39-23-16-8-3-9-17-23)32-28(21-13-6-2-7-14-21)35(27)19-22-15-10-18-24(25(22)31(37)38)20-11-4-1-5-12-20/h1,4-5,10-12,15,18,21,23H,2-3,6-9,13-14,16-17,19H2,(H,33,36)(H,37,38). The van der Waals surface area contributed by atoms with Crippen molar-refractivity contribution in [1.82, 2.24) is 19.7 Å². The summed E-state index contributed by atoms with van der Waals surface area (Å²) in [6.07, 6.45) is 11.6. The normalized spacial score (nSPS) is 17.0. The molecule has 0 unspecified atom stereocenters. The summed E-state index contributed by atoms with van der Waals surface area (Å²) in [4.78, 5) is 31.1. The third-order valence-electron chi connectivity index (χ3n) is 8.25. The van der Waals surface area contributed by atoms with Crippen molar-refractivity contribution in [2.24, 2.45) is 0 Å². The first-order valence-electron chi connectivity index (χ1n) is 14.2. The van der Waals surface area contributed by atoms with E-state index in [1.807, 2.05) is 53.1 Å². The number of nitrogens with zero attached hydrogens (tertiary/aromatic N) is 3. The van der Waals surface area contributed by atoms with Gasteiger partial charge in [-0.05, 0) is 42.4 Å². The molecule has 0 aliphatic heterocycles. The van der Waals surface area contributed by atoms with E-state index in [1.165, 1.54) is 25.7 Å². The van der Waals surface area contributed by atoms with Gasteiger partial charge in [-0.2, -0.15) is 5.10 Å². The van der Waals surface area contributed by atoms with Crippen molar-refractivity contribution in [3.05, 3.63) is 75.8 Å². The van der Waals surface area contributed by atoms with Crippen LogP contribution in [-0.2, 0) is 6.54 Å². The fraction of sp³-hybridized carbons (Fsp3) is 0.419. The summed E-state index contributed by atoms with van der Waals surface area (Å²) in [5.74, 6) is 0.149. The van der Waals surface area contributed by atoms with Crippen LogP contribution >= 0.6 is 11.8 Å². The predicted octanol–water partition coefficient (Wildman–Crippen LogP) is 7.01. The number of aromatic nitrogens is 4. The van der Waals surface area contributed by atoms with Gasteiger partial charge in [-0.25, -0.2) is 14.9 Å². The van der Waals surface area contributed by atoms with E-state index in [9.17, 15) is 14.7 Å². The molecule has 0 bridgehead atoms. The van der Waals surface area contributed by atoms with Crippen LogP contribution in [0.1, 0.15) is 91.9 Å². The zero-order valence-electron chi connectivity index (χ0n) is 22.1. The monoisotopic (exact) mass is 542 g/mol. The first-order chi connectivity index (χ1) is 19.1. The first kappa shape index (κ1) is 25.9. The highest BCUT2D eigenvalue weighted by atomic mass is 32.2. The molecule has 0 saturated heterocycles. The number of hydrogen-bond acceptors (Lipinski definition) is 5. The molecule has 2 aromatic carbocycles. The third-order valence-corrected chi connectivity index (χ3v) is 9.57. The summed E-state index contributed by atoms with van der Waals surface area (Å²) in [6.45, 7) is 0.269. The van der Waals surface area contributed by atoms with Crippen LogP contribution in [0.15, 0.2) is 58.4 Å². The molecule has 8 heteroatoms. The van der Waals surface area contributed by atoms with E-state index in [2.05, 4.69) is 10.2 Å². The zero-order valence-corrected chi connectivity index (χ0v) is 22.9. The highest BCUT2D eigenvalue weighted by Gasteiger charge is 2.28. The van der Waals surface area contributed by atoms with Crippen LogP contribution in [0.3, 0.4) is 0 Å². The number of hydrogen-bond donors (Lipinski definition) is 2. The molecule has 202 valence electrons. The molecule has 2 heterocycles. The van der Waals surface area contributed by atoms with Gasteiger partial charge in [0.05, 0.1) is 12.1 Å². The van der Waals surface area contributed by atoms with Crippen molar-refractivity contribution in [3.8, 4) is 11.1 Å². The van der Waals surface area contributed by atoms with Gasteiger partial charge in [-0.15, -0.1) is 0 Å². The summed E-state index contributed by atoms with van der Waals surface area (Å²) >= 11 is 1.73. The number of nitrogens with one attached hydrogen (secondary N) is 1. The van der Waals surface area contributed by atoms with Crippen molar-refractivity contribution >= 4 is 28.8 Å². The zero-order chi connectivity index (χ0) is 26.8. The Morgan fingerprint density at radius 3 is 2.38 bits per heavy atom. The Labute approximate surface area is 232 Å². The predicted molar refractivity (Wildman–Crippen MR) is 155 cm³/mol. The van der Waals surface area contributed by atoms with E-state index in [0.717, 1.165) is 54.9 Å². The number of H-pyrrole nitrogens is 1. The highest BCUT2D eigenvalue weighted by molar-refractivity contribution is 8.00. The number of aromatic amines is 1. The highest BCUT2D eigenvalue weighted by Crippen LogP contribution is 2.38. The van der Waals surface area contributed by atoms with Gasteiger partial charge in [0.2, 0.25) is 0 Å². The van der Waals surface area contributed by atoms with E-state index >= 15 is 0 Å². The molecule has 6 rings (SSSR count). The Kier molecular flexibility index (Phi) is 7.55. The van der Waals surface area contributed by atoms with Crippen LogP contribution in [0, 0.1) is 0 Å². The molecular formula is C31H34N4O3S. The van der Waals surface area contributed by atoms with Crippen LogP contribution < -0.4 is 5.56 Å². The average Bonchev–Trinajstić information content (AvgIpc) is 3.36. The van der Waals surface area contributed by atoms with Gasteiger partial charge >= 0.3 is 5.97 Å². The van der Waals surface area contributed by atoms with Crippen molar-refractivity contribution in [2.45, 2.75) is 86.9 Å². The van der Waals surface area contributed by atoms with E-state index in [4.69, 9.17) is 4.98 Å². The third kappa shape index (κ3) is 5.26. The molecule has 2 fully saturated rings. The fourth-order valence-corrected chi connectivity index (χ4v) is 7.56. The average molecular weight is 543 g/mol. The SMILES string of the molecule is O=C(O)c1c(Cn2c(C3CCCCC3)nc3c(SC4CCCCC4)n[nH]c(=O)c32)cccc1-c1ccccc1. The molecule has 0 spiro atoms. The molecule has 0 radical (unpaired) electrons. The molecule has 0 atom stereocenters. The summed E-state index contributed by atoms with van der Waals surface area (Å²) in [6, 6.07) is 15.2. The van der Waals surface area contributed by atoms with E-state index < -0.39 is 5.97 Å². The Balaban J connectivity index is 1.49. The topological polar surface area (TPSA) is 101 Å². The minimum Gasteiger partial charge on any atom is -0.478 e. The van der Waals surface area contributed by atoms with Crippen molar-refractivity contribution in [3.63, 3.8) is 0 Å². The number of carboxylic acids is 1. The fourth-order valence-electron chi connectivity index (χ4n) is 6.33. The van der Waals surface area contributed by atoms with Crippen molar-refractivity contribution < 1.29 is 9.90 Å². The largest absolute Gasteiger partial charge is 0.478 e. The molecule has 2 aliphatic rings. The minimum absolute atomic E-state index is 0.240. The lowest BCUT2D eigenvalue weighted by atomic mass is 9.88. The van der Waals surface area contributed by atoms with E-state index in [-0.39, 0.29) is 23.6 Å². The quantitative estimate of drug-likeness (QED) is 0.261. The minimum atomic E-state index is -0.975. The molecule has 4 aromatic rings. The second-order valence-corrected chi connectivity index (χ2v) is 12.1. The maximum atomic E-state index is 13.3. The Morgan fingerprint density at radius 1 is 0.949 bits per heavy atom. The van der Waals surface area contributed by atoms with Crippen molar-refractivity contribution in [1.29, 1.82) is 0 Å². The van der Waals surface area contributed by atoms with Gasteiger partial charge in [0.15, 0.2) is 0 Å². The number of carboxylic acid groups (broad SMARTS) is 1. The Bertz CT molecular complexity index is 1530. The van der Waals surface area contributed by atoms with Crippen LogP contribution in [0.5, 0.6) is 0 Å². The van der Waals surface area contributed by atoms with Crippen LogP contribution in [-0.4, -0.2) is 36.1 Å². The van der Waals surface area contributed by atoms with E-state index in [1.54, 1.807) is 11.8 Å². The summed E-state index contributed by atoms with van der Waals surface area (Å²) in [5.41, 5.74) is 3.35. The second kappa shape index (κ2) is 11.4. The molecule has 2 aliphatic carbocycles. The lowest BCUT2D eigenvalue weighted by Crippen LogP contribution is -2.19. The Hall–Kier alpha value is -3.39. The van der Waals surface area contributed by atoms with Gasteiger partial charge < -0.3 is 9.67 Å².